The van der Waals surface area contributed by atoms with Crippen LogP contribution in [0.25, 0.3) is 0 Å². The summed E-state index contributed by atoms with van der Waals surface area (Å²) in [4.78, 5) is 14.4. The fraction of sp³-hybridized carbons (Fsp3) is 0.583. The second kappa shape index (κ2) is 6.83. The molecule has 8 heteroatoms. The molecule has 1 N–H and O–H groups in total. The molecular formula is C12H16ClN3O4. The molecule has 7 nitrogen and oxygen atoms in total. The molecule has 0 aromatic carbocycles. The van der Waals surface area contributed by atoms with Gasteiger partial charge in [0, 0.05) is 24.9 Å². The van der Waals surface area contributed by atoms with Gasteiger partial charge in [0.05, 0.1) is 29.3 Å². The number of halogens is 1. The first kappa shape index (κ1) is 15.0. The van der Waals surface area contributed by atoms with E-state index in [2.05, 4.69) is 10.3 Å². The van der Waals surface area contributed by atoms with Crippen LogP contribution in [-0.2, 0) is 9.47 Å². The number of ether oxygens (including phenoxy) is 2. The van der Waals surface area contributed by atoms with Crippen LogP contribution in [0, 0.1) is 10.1 Å². The minimum Gasteiger partial charge on any atom is -0.379 e. The molecule has 1 aliphatic rings. The van der Waals surface area contributed by atoms with Gasteiger partial charge in [-0.1, -0.05) is 11.6 Å². The van der Waals surface area contributed by atoms with Gasteiger partial charge in [0.25, 0.3) is 0 Å². The Morgan fingerprint density at radius 3 is 3.20 bits per heavy atom. The number of pyridine rings is 1. The van der Waals surface area contributed by atoms with Gasteiger partial charge < -0.3 is 14.8 Å². The van der Waals surface area contributed by atoms with Crippen molar-refractivity contribution in [3.05, 3.63) is 27.4 Å². The molecule has 2 rings (SSSR count). The van der Waals surface area contributed by atoms with Crippen LogP contribution in [0.4, 0.5) is 11.5 Å². The van der Waals surface area contributed by atoms with Gasteiger partial charge in [-0.05, 0) is 13.3 Å². The maximum atomic E-state index is 10.9. The lowest BCUT2D eigenvalue weighted by Crippen LogP contribution is -2.26. The van der Waals surface area contributed by atoms with Crippen LogP contribution in [0.3, 0.4) is 0 Å². The molecule has 0 spiro atoms. The largest absolute Gasteiger partial charge is 0.379 e. The Hall–Kier alpha value is -1.44. The van der Waals surface area contributed by atoms with E-state index in [9.17, 15) is 10.1 Å². The van der Waals surface area contributed by atoms with Gasteiger partial charge in [-0.15, -0.1) is 0 Å². The van der Waals surface area contributed by atoms with E-state index in [0.29, 0.717) is 13.2 Å². The standard InChI is InChI=1S/C12H16ClN3O4/c1-8(6-20-10-2-3-19-7-10)15-12-11(16(17)18)4-9(13)5-14-12/h4-5,8,10H,2-3,6-7H2,1H3,(H,14,15)/t8-,10-/m1/s1. The first-order chi connectivity index (χ1) is 9.56. The summed E-state index contributed by atoms with van der Waals surface area (Å²) in [6.45, 7) is 3.62. The van der Waals surface area contributed by atoms with Crippen molar-refractivity contribution in [2.24, 2.45) is 0 Å². The highest BCUT2D eigenvalue weighted by Gasteiger charge is 2.20. The van der Waals surface area contributed by atoms with Crippen molar-refractivity contribution in [3.63, 3.8) is 0 Å². The summed E-state index contributed by atoms with van der Waals surface area (Å²) in [7, 11) is 0. The number of nitro groups is 1. The van der Waals surface area contributed by atoms with Gasteiger partial charge in [0.1, 0.15) is 0 Å². The van der Waals surface area contributed by atoms with Crippen molar-refractivity contribution in [1.82, 2.24) is 4.98 Å². The molecule has 110 valence electrons. The third kappa shape index (κ3) is 4.03. The molecule has 20 heavy (non-hydrogen) atoms. The molecular weight excluding hydrogens is 286 g/mol. The first-order valence-electron chi connectivity index (χ1n) is 6.32. The molecule has 0 amide bonds. The van der Waals surface area contributed by atoms with E-state index in [0.717, 1.165) is 13.0 Å². The Kier molecular flexibility index (Phi) is 5.11. The number of hydrogen-bond donors (Lipinski definition) is 1. The summed E-state index contributed by atoms with van der Waals surface area (Å²) in [6.07, 6.45) is 2.36. The van der Waals surface area contributed by atoms with E-state index in [1.807, 2.05) is 6.92 Å². The highest BCUT2D eigenvalue weighted by molar-refractivity contribution is 6.30. The highest BCUT2D eigenvalue weighted by Crippen LogP contribution is 2.25. The minimum absolute atomic E-state index is 0.104. The molecule has 1 aliphatic heterocycles. The third-order valence-corrected chi connectivity index (χ3v) is 3.09. The second-order valence-corrected chi connectivity index (χ2v) is 5.08. The zero-order valence-electron chi connectivity index (χ0n) is 11.0. The van der Waals surface area contributed by atoms with Crippen molar-refractivity contribution in [1.29, 1.82) is 0 Å². The average molecular weight is 302 g/mol. The Labute approximate surface area is 121 Å². The normalized spacial score (nSPS) is 19.8. The maximum Gasteiger partial charge on any atom is 0.312 e. The molecule has 2 heterocycles. The fourth-order valence-electron chi connectivity index (χ4n) is 1.88. The van der Waals surface area contributed by atoms with Crippen molar-refractivity contribution < 1.29 is 14.4 Å². The zero-order valence-corrected chi connectivity index (χ0v) is 11.8. The SMILES string of the molecule is C[C@H](CO[C@@H]1CCOC1)Nc1ncc(Cl)cc1[N+](=O)[O-]. The van der Waals surface area contributed by atoms with E-state index in [1.54, 1.807) is 0 Å². The summed E-state index contributed by atoms with van der Waals surface area (Å²) >= 11 is 5.71. The van der Waals surface area contributed by atoms with Gasteiger partial charge >= 0.3 is 5.69 Å². The minimum atomic E-state index is -0.514. The van der Waals surface area contributed by atoms with Crippen LogP contribution < -0.4 is 5.32 Å². The van der Waals surface area contributed by atoms with Crippen LogP contribution in [0.5, 0.6) is 0 Å². The number of anilines is 1. The van der Waals surface area contributed by atoms with Gasteiger partial charge in [-0.3, -0.25) is 10.1 Å². The molecule has 0 unspecified atom stereocenters. The number of nitrogens with zero attached hydrogens (tertiary/aromatic N) is 2. The molecule has 0 saturated carbocycles. The summed E-state index contributed by atoms with van der Waals surface area (Å²) in [5, 5.41) is 14.1. The predicted molar refractivity (Wildman–Crippen MR) is 74.2 cm³/mol. The van der Waals surface area contributed by atoms with Gasteiger partial charge in [0.2, 0.25) is 5.82 Å². The van der Waals surface area contributed by atoms with Crippen LogP contribution in [-0.4, -0.2) is 41.9 Å². The Bertz CT molecular complexity index is 480. The van der Waals surface area contributed by atoms with Crippen LogP contribution in [0.15, 0.2) is 12.3 Å². The lowest BCUT2D eigenvalue weighted by molar-refractivity contribution is -0.384. The smallest absolute Gasteiger partial charge is 0.312 e. The quantitative estimate of drug-likeness (QED) is 0.640. The zero-order chi connectivity index (χ0) is 14.5. The highest BCUT2D eigenvalue weighted by atomic mass is 35.5. The topological polar surface area (TPSA) is 86.5 Å². The maximum absolute atomic E-state index is 10.9. The Morgan fingerprint density at radius 2 is 2.55 bits per heavy atom. The van der Waals surface area contributed by atoms with E-state index < -0.39 is 4.92 Å². The molecule has 1 saturated heterocycles. The number of nitrogens with one attached hydrogen (secondary N) is 1. The molecule has 1 fully saturated rings. The summed E-state index contributed by atoms with van der Waals surface area (Å²) in [5.41, 5.74) is -0.145. The monoisotopic (exact) mass is 301 g/mol. The number of rotatable bonds is 6. The summed E-state index contributed by atoms with van der Waals surface area (Å²) in [6, 6.07) is 1.16. The summed E-state index contributed by atoms with van der Waals surface area (Å²) < 4.78 is 10.9. The molecule has 2 atom stereocenters. The molecule has 0 aliphatic carbocycles. The van der Waals surface area contributed by atoms with Crippen molar-refractivity contribution in [2.75, 3.05) is 25.1 Å². The fourth-order valence-corrected chi connectivity index (χ4v) is 2.03. The van der Waals surface area contributed by atoms with Gasteiger partial charge in [-0.25, -0.2) is 4.98 Å². The number of hydrogen-bond acceptors (Lipinski definition) is 6. The third-order valence-electron chi connectivity index (χ3n) is 2.88. The first-order valence-corrected chi connectivity index (χ1v) is 6.70. The van der Waals surface area contributed by atoms with Crippen molar-refractivity contribution >= 4 is 23.1 Å². The van der Waals surface area contributed by atoms with Crippen LogP contribution in [0.1, 0.15) is 13.3 Å². The van der Waals surface area contributed by atoms with Crippen LogP contribution in [0.2, 0.25) is 5.02 Å². The van der Waals surface area contributed by atoms with E-state index >= 15 is 0 Å². The second-order valence-electron chi connectivity index (χ2n) is 4.64. The summed E-state index contributed by atoms with van der Waals surface area (Å²) in [5.74, 6) is 0.193. The van der Waals surface area contributed by atoms with E-state index in [-0.39, 0.29) is 28.7 Å². The van der Waals surface area contributed by atoms with E-state index in [4.69, 9.17) is 21.1 Å². The van der Waals surface area contributed by atoms with Gasteiger partial charge in [0.15, 0.2) is 0 Å². The predicted octanol–water partition coefficient (Wildman–Crippen LogP) is 2.25. The van der Waals surface area contributed by atoms with Crippen molar-refractivity contribution in [2.45, 2.75) is 25.5 Å². The molecule has 1 aromatic rings. The average Bonchev–Trinajstić information content (AvgIpc) is 2.91. The van der Waals surface area contributed by atoms with Crippen molar-refractivity contribution in [3.8, 4) is 0 Å². The number of aromatic nitrogens is 1. The Morgan fingerprint density at radius 1 is 1.75 bits per heavy atom. The van der Waals surface area contributed by atoms with Crippen LogP contribution >= 0.6 is 11.6 Å². The van der Waals surface area contributed by atoms with Gasteiger partial charge in [-0.2, -0.15) is 0 Å². The Balaban J connectivity index is 1.92. The molecule has 0 radical (unpaired) electrons. The molecule has 1 aromatic heterocycles. The molecule has 0 bridgehead atoms. The lowest BCUT2D eigenvalue weighted by Gasteiger charge is -2.17. The van der Waals surface area contributed by atoms with E-state index in [1.165, 1.54) is 12.3 Å². The lowest BCUT2D eigenvalue weighted by atomic mass is 10.3.